The van der Waals surface area contributed by atoms with Gasteiger partial charge in [0, 0.05) is 6.26 Å². The molecule has 0 atom stereocenters. The molecule has 0 bridgehead atoms. The van der Waals surface area contributed by atoms with Crippen molar-refractivity contribution in [1.29, 1.82) is 0 Å². The van der Waals surface area contributed by atoms with Crippen molar-refractivity contribution < 1.29 is 18.3 Å². The summed E-state index contributed by atoms with van der Waals surface area (Å²) in [4.78, 5) is 10.8. The average Bonchev–Trinajstić information content (AvgIpc) is 2.37. The van der Waals surface area contributed by atoms with Crippen LogP contribution in [0.3, 0.4) is 0 Å². The van der Waals surface area contributed by atoms with E-state index in [0.717, 1.165) is 11.1 Å². The molecule has 4 nitrogen and oxygen atoms in total. The van der Waals surface area contributed by atoms with Gasteiger partial charge in [0.15, 0.2) is 9.84 Å². The predicted octanol–water partition coefficient (Wildman–Crippen LogP) is 2.60. The molecule has 1 N–H and O–H groups in total. The zero-order valence-corrected chi connectivity index (χ0v) is 11.7. The van der Waals surface area contributed by atoms with Gasteiger partial charge in [-0.05, 0) is 28.8 Å². The lowest BCUT2D eigenvalue weighted by Crippen LogP contribution is -2.00. The third-order valence-corrected chi connectivity index (χ3v) is 3.68. The van der Waals surface area contributed by atoms with Gasteiger partial charge in [-0.15, -0.1) is 0 Å². The summed E-state index contributed by atoms with van der Waals surface area (Å²) < 4.78 is 22.6. The number of hydrogen-bond donors (Lipinski definition) is 1. The summed E-state index contributed by atoms with van der Waals surface area (Å²) in [6, 6.07) is 13.7. The van der Waals surface area contributed by atoms with Crippen LogP contribution in [0.2, 0.25) is 0 Å². The van der Waals surface area contributed by atoms with Crippen LogP contribution in [0, 0.1) is 0 Å². The number of carboxylic acid groups (broad SMARTS) is 1. The summed E-state index contributed by atoms with van der Waals surface area (Å²) in [7, 11) is -3.07. The van der Waals surface area contributed by atoms with Crippen molar-refractivity contribution in [3.8, 4) is 11.1 Å². The molecule has 0 aliphatic rings. The van der Waals surface area contributed by atoms with E-state index in [-0.39, 0.29) is 11.3 Å². The molecule has 0 fully saturated rings. The monoisotopic (exact) mass is 290 g/mol. The summed E-state index contributed by atoms with van der Waals surface area (Å²) in [5, 5.41) is 8.85. The highest BCUT2D eigenvalue weighted by Crippen LogP contribution is 2.21. The van der Waals surface area contributed by atoms with Crippen molar-refractivity contribution in [3.05, 3.63) is 59.7 Å². The van der Waals surface area contributed by atoms with E-state index in [2.05, 4.69) is 0 Å². The molecule has 104 valence electrons. The van der Waals surface area contributed by atoms with Crippen LogP contribution < -0.4 is 0 Å². The Morgan fingerprint density at radius 2 is 1.70 bits per heavy atom. The van der Waals surface area contributed by atoms with Crippen LogP contribution in [0.1, 0.15) is 15.9 Å². The van der Waals surface area contributed by atoms with Crippen molar-refractivity contribution in [3.63, 3.8) is 0 Å². The topological polar surface area (TPSA) is 71.4 Å². The highest BCUT2D eigenvalue weighted by atomic mass is 32.2. The smallest absolute Gasteiger partial charge is 0.335 e. The van der Waals surface area contributed by atoms with Gasteiger partial charge in [-0.25, -0.2) is 13.2 Å². The van der Waals surface area contributed by atoms with Crippen molar-refractivity contribution in [2.75, 3.05) is 6.26 Å². The summed E-state index contributed by atoms with van der Waals surface area (Å²) in [6.07, 6.45) is 1.20. The molecule has 0 radical (unpaired) electrons. The first-order valence-corrected chi connectivity index (χ1v) is 8.01. The van der Waals surface area contributed by atoms with E-state index in [0.29, 0.717) is 5.56 Å². The maximum Gasteiger partial charge on any atom is 0.335 e. The Labute approximate surface area is 117 Å². The van der Waals surface area contributed by atoms with Gasteiger partial charge in [0.2, 0.25) is 0 Å². The summed E-state index contributed by atoms with van der Waals surface area (Å²) in [6.45, 7) is 0. The second-order valence-electron chi connectivity index (χ2n) is 4.65. The minimum Gasteiger partial charge on any atom is -0.478 e. The number of rotatable bonds is 4. The first-order valence-electron chi connectivity index (χ1n) is 5.95. The summed E-state index contributed by atoms with van der Waals surface area (Å²) in [5.74, 6) is -0.976. The molecule has 0 aliphatic carbocycles. The third kappa shape index (κ3) is 3.68. The molecule has 0 saturated heterocycles. The van der Waals surface area contributed by atoms with Gasteiger partial charge in [0.25, 0.3) is 0 Å². The fraction of sp³-hybridized carbons (Fsp3) is 0.133. The predicted molar refractivity (Wildman–Crippen MR) is 77.4 cm³/mol. The molecule has 0 unspecified atom stereocenters. The van der Waals surface area contributed by atoms with Crippen LogP contribution in [0.5, 0.6) is 0 Å². The number of carbonyl (C=O) groups is 1. The largest absolute Gasteiger partial charge is 0.478 e. The third-order valence-electron chi connectivity index (χ3n) is 2.82. The van der Waals surface area contributed by atoms with Crippen LogP contribution in [0.25, 0.3) is 11.1 Å². The van der Waals surface area contributed by atoms with Gasteiger partial charge < -0.3 is 5.11 Å². The molecule has 2 aromatic carbocycles. The Bertz CT molecular complexity index is 731. The molecule has 0 aromatic heterocycles. The van der Waals surface area contributed by atoms with Gasteiger partial charge in [-0.1, -0.05) is 36.4 Å². The molecule has 0 amide bonds. The second-order valence-corrected chi connectivity index (χ2v) is 6.79. The summed E-state index contributed by atoms with van der Waals surface area (Å²) >= 11 is 0. The Kier molecular flexibility index (Phi) is 3.90. The maximum absolute atomic E-state index is 11.3. The maximum atomic E-state index is 11.3. The fourth-order valence-electron chi connectivity index (χ4n) is 1.95. The highest BCUT2D eigenvalue weighted by molar-refractivity contribution is 7.89. The number of aromatic carboxylic acids is 1. The molecule has 5 heteroatoms. The zero-order valence-electron chi connectivity index (χ0n) is 10.9. The summed E-state index contributed by atoms with van der Waals surface area (Å²) in [5.41, 5.74) is 2.65. The Balaban J connectivity index is 2.33. The lowest BCUT2D eigenvalue weighted by Gasteiger charge is -2.05. The van der Waals surface area contributed by atoms with Gasteiger partial charge in [0.1, 0.15) is 0 Å². The Morgan fingerprint density at radius 1 is 1.05 bits per heavy atom. The van der Waals surface area contributed by atoms with Gasteiger partial charge in [-0.3, -0.25) is 0 Å². The SMILES string of the molecule is CS(=O)(=O)Cc1cccc(-c2ccc(C(=O)O)cc2)c1. The molecule has 2 rings (SSSR count). The van der Waals surface area contributed by atoms with Crippen LogP contribution in [0.4, 0.5) is 0 Å². The van der Waals surface area contributed by atoms with E-state index in [1.807, 2.05) is 6.07 Å². The number of hydrogen-bond acceptors (Lipinski definition) is 3. The lowest BCUT2D eigenvalue weighted by molar-refractivity contribution is 0.0697. The van der Waals surface area contributed by atoms with E-state index in [4.69, 9.17) is 5.11 Å². The minimum atomic E-state index is -3.07. The lowest BCUT2D eigenvalue weighted by atomic mass is 10.0. The minimum absolute atomic E-state index is 0.00590. The quantitative estimate of drug-likeness (QED) is 0.939. The number of sulfone groups is 1. The van der Waals surface area contributed by atoms with E-state index < -0.39 is 15.8 Å². The van der Waals surface area contributed by atoms with Crippen molar-refractivity contribution in [2.24, 2.45) is 0 Å². The fourth-order valence-corrected chi connectivity index (χ4v) is 2.73. The highest BCUT2D eigenvalue weighted by Gasteiger charge is 2.07. The molecule has 0 saturated carbocycles. The van der Waals surface area contributed by atoms with Gasteiger partial charge >= 0.3 is 5.97 Å². The zero-order chi connectivity index (χ0) is 14.8. The van der Waals surface area contributed by atoms with Crippen LogP contribution in [0.15, 0.2) is 48.5 Å². The second kappa shape index (κ2) is 5.46. The average molecular weight is 290 g/mol. The molecular formula is C15H14O4S. The molecule has 2 aromatic rings. The van der Waals surface area contributed by atoms with E-state index in [9.17, 15) is 13.2 Å². The standard InChI is InChI=1S/C15H14O4S/c1-20(18,19)10-11-3-2-4-14(9-11)12-5-7-13(8-6-12)15(16)17/h2-9H,10H2,1H3,(H,16,17). The van der Waals surface area contributed by atoms with E-state index in [1.165, 1.54) is 18.4 Å². The van der Waals surface area contributed by atoms with Crippen LogP contribution in [-0.2, 0) is 15.6 Å². The normalized spacial score (nSPS) is 11.2. The van der Waals surface area contributed by atoms with E-state index >= 15 is 0 Å². The van der Waals surface area contributed by atoms with Gasteiger partial charge in [0.05, 0.1) is 11.3 Å². The van der Waals surface area contributed by atoms with Crippen LogP contribution >= 0.6 is 0 Å². The Hall–Kier alpha value is -2.14. The van der Waals surface area contributed by atoms with Gasteiger partial charge in [-0.2, -0.15) is 0 Å². The first kappa shape index (κ1) is 14.3. The molecule has 20 heavy (non-hydrogen) atoms. The van der Waals surface area contributed by atoms with Crippen molar-refractivity contribution >= 4 is 15.8 Å². The molecule has 0 spiro atoms. The number of benzene rings is 2. The first-order chi connectivity index (χ1) is 9.35. The number of carboxylic acids is 1. The molecule has 0 aliphatic heterocycles. The van der Waals surface area contributed by atoms with E-state index in [1.54, 1.807) is 30.3 Å². The van der Waals surface area contributed by atoms with Crippen molar-refractivity contribution in [1.82, 2.24) is 0 Å². The van der Waals surface area contributed by atoms with Crippen LogP contribution in [-0.4, -0.2) is 25.7 Å². The Morgan fingerprint density at radius 3 is 2.25 bits per heavy atom. The molecule has 0 heterocycles. The van der Waals surface area contributed by atoms with Crippen molar-refractivity contribution in [2.45, 2.75) is 5.75 Å². The molecular weight excluding hydrogens is 276 g/mol.